The molecule has 0 heterocycles. The number of ether oxygens (including phenoxy) is 3. The van der Waals surface area contributed by atoms with E-state index in [0.29, 0.717) is 17.2 Å². The van der Waals surface area contributed by atoms with E-state index in [1.807, 2.05) is 0 Å². The van der Waals surface area contributed by atoms with Crippen molar-refractivity contribution in [2.24, 2.45) is 0 Å². The molecule has 0 bridgehead atoms. The van der Waals surface area contributed by atoms with Crippen LogP contribution in [-0.2, 0) is 16.1 Å². The molecule has 8 nitrogen and oxygen atoms in total. The van der Waals surface area contributed by atoms with E-state index in [-0.39, 0.29) is 19.0 Å². The molecule has 1 aromatic rings. The summed E-state index contributed by atoms with van der Waals surface area (Å²) in [4.78, 5) is 24.3. The zero-order chi connectivity index (χ0) is 18.3. The van der Waals surface area contributed by atoms with Crippen LogP contribution in [0, 0.1) is 0 Å². The number of nitrogens with zero attached hydrogens (tertiary/aromatic N) is 1. The highest BCUT2D eigenvalue weighted by Crippen LogP contribution is 2.38. The maximum Gasteiger partial charge on any atom is 0.320 e. The number of amides is 1. The number of carbonyl (C=O) groups is 2. The Hall–Kier alpha value is -2.48. The zero-order valence-corrected chi connectivity index (χ0v) is 14.6. The minimum atomic E-state index is -0.977. The number of likely N-dealkylation sites (N-methyl/N-ethyl adjacent to an activating group) is 1. The van der Waals surface area contributed by atoms with Crippen molar-refractivity contribution in [2.45, 2.75) is 19.5 Å². The van der Waals surface area contributed by atoms with Crippen molar-refractivity contribution >= 4 is 11.9 Å². The molecule has 0 spiro atoms. The normalized spacial score (nSPS) is 11.8. The van der Waals surface area contributed by atoms with E-state index in [0.717, 1.165) is 5.56 Å². The fourth-order valence-corrected chi connectivity index (χ4v) is 2.05. The summed E-state index contributed by atoms with van der Waals surface area (Å²) in [5.41, 5.74) is 0.770. The predicted octanol–water partition coefficient (Wildman–Crippen LogP) is 0.734. The third-order valence-corrected chi connectivity index (χ3v) is 3.63. The maximum atomic E-state index is 12.0. The summed E-state index contributed by atoms with van der Waals surface area (Å²) < 4.78 is 15.8. The van der Waals surface area contributed by atoms with Gasteiger partial charge in [-0.15, -0.1) is 0 Å². The number of benzene rings is 1. The SMILES string of the molecule is COc1cc(CNC(=O)CN(C)C(C)C(=O)O)cc(OC)c1OC. The average molecular weight is 340 g/mol. The summed E-state index contributed by atoms with van der Waals surface area (Å²) in [6.07, 6.45) is 0. The van der Waals surface area contributed by atoms with Crippen molar-refractivity contribution < 1.29 is 28.9 Å². The van der Waals surface area contributed by atoms with Gasteiger partial charge in [0.1, 0.15) is 6.04 Å². The monoisotopic (exact) mass is 340 g/mol. The van der Waals surface area contributed by atoms with Crippen LogP contribution in [0.25, 0.3) is 0 Å². The van der Waals surface area contributed by atoms with E-state index in [9.17, 15) is 9.59 Å². The van der Waals surface area contributed by atoms with Gasteiger partial charge in [-0.25, -0.2) is 0 Å². The Labute approximate surface area is 141 Å². The molecule has 0 saturated carbocycles. The summed E-state index contributed by atoms with van der Waals surface area (Å²) in [7, 11) is 6.13. The molecule has 24 heavy (non-hydrogen) atoms. The van der Waals surface area contributed by atoms with E-state index in [4.69, 9.17) is 19.3 Å². The summed E-state index contributed by atoms with van der Waals surface area (Å²) in [5, 5.41) is 11.7. The maximum absolute atomic E-state index is 12.0. The van der Waals surface area contributed by atoms with Crippen LogP contribution in [0.3, 0.4) is 0 Å². The fourth-order valence-electron chi connectivity index (χ4n) is 2.05. The molecule has 0 radical (unpaired) electrons. The van der Waals surface area contributed by atoms with Gasteiger partial charge in [-0.1, -0.05) is 0 Å². The third kappa shape index (κ3) is 5.02. The van der Waals surface area contributed by atoms with Gasteiger partial charge in [-0.3, -0.25) is 14.5 Å². The van der Waals surface area contributed by atoms with Gasteiger partial charge in [0.2, 0.25) is 11.7 Å². The molecule has 1 amide bonds. The van der Waals surface area contributed by atoms with E-state index < -0.39 is 12.0 Å². The lowest BCUT2D eigenvalue weighted by molar-refractivity contribution is -0.142. The number of nitrogens with one attached hydrogen (secondary N) is 1. The van der Waals surface area contributed by atoms with Gasteiger partial charge in [0, 0.05) is 6.54 Å². The van der Waals surface area contributed by atoms with Gasteiger partial charge < -0.3 is 24.6 Å². The topological polar surface area (TPSA) is 97.3 Å². The van der Waals surface area contributed by atoms with Crippen LogP contribution in [0.15, 0.2) is 12.1 Å². The third-order valence-electron chi connectivity index (χ3n) is 3.63. The Morgan fingerprint density at radius 2 is 1.71 bits per heavy atom. The molecule has 1 aromatic carbocycles. The number of carboxylic acids is 1. The second-order valence-electron chi connectivity index (χ2n) is 5.24. The molecule has 0 aliphatic heterocycles. The largest absolute Gasteiger partial charge is 0.493 e. The van der Waals surface area contributed by atoms with Gasteiger partial charge in [-0.2, -0.15) is 0 Å². The Morgan fingerprint density at radius 1 is 1.17 bits per heavy atom. The molecule has 0 aliphatic rings. The molecule has 2 N–H and O–H groups in total. The number of rotatable bonds is 9. The first kappa shape index (κ1) is 19.6. The number of aliphatic carboxylic acids is 1. The molecule has 134 valence electrons. The van der Waals surface area contributed by atoms with E-state index in [2.05, 4.69) is 5.32 Å². The van der Waals surface area contributed by atoms with Crippen molar-refractivity contribution in [3.05, 3.63) is 17.7 Å². The van der Waals surface area contributed by atoms with Crippen LogP contribution in [0.5, 0.6) is 17.2 Å². The van der Waals surface area contributed by atoms with Crippen molar-refractivity contribution in [3.63, 3.8) is 0 Å². The lowest BCUT2D eigenvalue weighted by Gasteiger charge is -2.20. The van der Waals surface area contributed by atoms with Crippen molar-refractivity contribution in [1.82, 2.24) is 10.2 Å². The van der Waals surface area contributed by atoms with Gasteiger partial charge in [0.15, 0.2) is 11.5 Å². The molecule has 0 aliphatic carbocycles. The molecule has 1 unspecified atom stereocenters. The van der Waals surface area contributed by atoms with Gasteiger partial charge >= 0.3 is 5.97 Å². The Kier molecular flexibility index (Phi) is 7.31. The summed E-state index contributed by atoms with van der Waals surface area (Å²) in [5.74, 6) is 0.217. The molecular formula is C16H24N2O6. The Bertz CT molecular complexity index is 565. The van der Waals surface area contributed by atoms with Gasteiger partial charge in [0.05, 0.1) is 27.9 Å². The quantitative estimate of drug-likeness (QED) is 0.684. The molecule has 8 heteroatoms. The highest BCUT2D eigenvalue weighted by atomic mass is 16.5. The van der Waals surface area contributed by atoms with E-state index in [1.165, 1.54) is 33.2 Å². The molecule has 1 rings (SSSR count). The lowest BCUT2D eigenvalue weighted by atomic mass is 10.1. The number of methoxy groups -OCH3 is 3. The molecule has 0 aromatic heterocycles. The van der Waals surface area contributed by atoms with Gasteiger partial charge in [0.25, 0.3) is 0 Å². The van der Waals surface area contributed by atoms with Crippen LogP contribution in [0.4, 0.5) is 0 Å². The number of hydrogen-bond donors (Lipinski definition) is 2. The summed E-state index contributed by atoms with van der Waals surface area (Å²) >= 11 is 0. The standard InChI is InChI=1S/C16H24N2O6/c1-10(16(20)21)18(2)9-14(19)17-8-11-6-12(22-3)15(24-5)13(7-11)23-4/h6-7,10H,8-9H2,1-5H3,(H,17,19)(H,20,21). The number of carboxylic acid groups (broad SMARTS) is 1. The predicted molar refractivity (Wildman–Crippen MR) is 87.7 cm³/mol. The highest BCUT2D eigenvalue weighted by Gasteiger charge is 2.19. The first-order valence-electron chi connectivity index (χ1n) is 7.32. The van der Waals surface area contributed by atoms with Crippen molar-refractivity contribution in [1.29, 1.82) is 0 Å². The Morgan fingerprint density at radius 3 is 2.12 bits per heavy atom. The number of carbonyl (C=O) groups excluding carboxylic acids is 1. The van der Waals surface area contributed by atoms with Crippen LogP contribution in [0.2, 0.25) is 0 Å². The fraction of sp³-hybridized carbons (Fsp3) is 0.500. The second kappa shape index (κ2) is 8.97. The molecular weight excluding hydrogens is 316 g/mol. The first-order chi connectivity index (χ1) is 11.3. The zero-order valence-electron chi connectivity index (χ0n) is 14.6. The summed E-state index contributed by atoms with van der Waals surface area (Å²) in [6.45, 7) is 1.76. The first-order valence-corrected chi connectivity index (χ1v) is 7.32. The Balaban J connectivity index is 2.73. The second-order valence-corrected chi connectivity index (χ2v) is 5.24. The van der Waals surface area contributed by atoms with E-state index in [1.54, 1.807) is 19.2 Å². The minimum Gasteiger partial charge on any atom is -0.493 e. The number of hydrogen-bond acceptors (Lipinski definition) is 6. The van der Waals surface area contributed by atoms with Crippen molar-refractivity contribution in [2.75, 3.05) is 34.9 Å². The van der Waals surface area contributed by atoms with Gasteiger partial charge in [-0.05, 0) is 31.7 Å². The van der Waals surface area contributed by atoms with Crippen LogP contribution < -0.4 is 19.5 Å². The molecule has 0 fully saturated rings. The minimum absolute atomic E-state index is 0.0160. The van der Waals surface area contributed by atoms with Crippen molar-refractivity contribution in [3.8, 4) is 17.2 Å². The van der Waals surface area contributed by atoms with Crippen LogP contribution in [0.1, 0.15) is 12.5 Å². The highest BCUT2D eigenvalue weighted by molar-refractivity contribution is 5.79. The molecule has 0 saturated heterocycles. The smallest absolute Gasteiger partial charge is 0.320 e. The van der Waals surface area contributed by atoms with E-state index >= 15 is 0 Å². The summed E-state index contributed by atoms with van der Waals surface area (Å²) in [6, 6.07) is 2.74. The lowest BCUT2D eigenvalue weighted by Crippen LogP contribution is -2.42. The molecule has 1 atom stereocenters. The van der Waals surface area contributed by atoms with Crippen LogP contribution in [-0.4, -0.2) is 62.8 Å². The van der Waals surface area contributed by atoms with Crippen LogP contribution >= 0.6 is 0 Å². The average Bonchev–Trinajstić information content (AvgIpc) is 2.57.